The van der Waals surface area contributed by atoms with Gasteiger partial charge in [-0.3, -0.25) is 0 Å². The number of hydrogen-bond acceptors (Lipinski definition) is 6. The van der Waals surface area contributed by atoms with E-state index in [0.29, 0.717) is 0 Å². The Morgan fingerprint density at radius 1 is 0.722 bits per heavy atom. The highest BCUT2D eigenvalue weighted by atomic mass is 33.1. The molecule has 0 saturated heterocycles. The molecule has 0 nitrogen and oxygen atoms in total. The lowest BCUT2D eigenvalue weighted by atomic mass is 9.99. The van der Waals surface area contributed by atoms with Crippen molar-refractivity contribution in [1.82, 2.24) is 0 Å². The maximum absolute atomic E-state index is 4.22. The molecule has 18 heavy (non-hydrogen) atoms. The molecule has 1 rings (SSSR count). The highest BCUT2D eigenvalue weighted by Crippen LogP contribution is 2.20. The summed E-state index contributed by atoms with van der Waals surface area (Å²) in [5.41, 5.74) is 4.35. The van der Waals surface area contributed by atoms with Gasteiger partial charge >= 0.3 is 0 Å². The van der Waals surface area contributed by atoms with Gasteiger partial charge in [-0.25, -0.2) is 0 Å². The van der Waals surface area contributed by atoms with Crippen LogP contribution in [-0.4, -0.2) is 17.3 Å². The van der Waals surface area contributed by atoms with Crippen LogP contribution in [0.3, 0.4) is 0 Å². The van der Waals surface area contributed by atoms with E-state index in [4.69, 9.17) is 0 Å². The third kappa shape index (κ3) is 6.66. The van der Waals surface area contributed by atoms with Crippen LogP contribution in [0.1, 0.15) is 16.7 Å². The van der Waals surface area contributed by atoms with Gasteiger partial charge in [0, 0.05) is 17.3 Å². The molecular formula is C12H18S6. The van der Waals surface area contributed by atoms with Crippen molar-refractivity contribution >= 4 is 67.4 Å². The van der Waals surface area contributed by atoms with Crippen LogP contribution in [0.15, 0.2) is 18.2 Å². The second kappa shape index (κ2) is 11.0. The predicted octanol–water partition coefficient (Wildman–Crippen LogP) is 5.05. The molecule has 0 N–H and O–H groups in total. The first-order valence-corrected chi connectivity index (χ1v) is 11.8. The molecule has 1 aromatic rings. The Kier molecular flexibility index (Phi) is 10.6. The molecule has 0 amide bonds. The second-order valence-electron chi connectivity index (χ2n) is 3.85. The minimum absolute atomic E-state index is 1.06. The zero-order chi connectivity index (χ0) is 13.2. The Hall–Kier alpha value is 1.32. The van der Waals surface area contributed by atoms with Crippen molar-refractivity contribution < 1.29 is 0 Å². The molecule has 0 aromatic heterocycles. The van der Waals surface area contributed by atoms with Gasteiger partial charge in [-0.05, 0) is 36.0 Å². The molecule has 0 unspecified atom stereocenters. The highest BCUT2D eigenvalue weighted by molar-refractivity contribution is 8.69. The van der Waals surface area contributed by atoms with Gasteiger partial charge in [0.1, 0.15) is 0 Å². The van der Waals surface area contributed by atoms with Gasteiger partial charge in [-0.2, -0.15) is 0 Å². The van der Waals surface area contributed by atoms with E-state index in [-0.39, 0.29) is 0 Å². The highest BCUT2D eigenvalue weighted by Gasteiger charge is 2.04. The standard InChI is InChI=1S/C12H18S6/c13-16-6-3-10-1-2-11(4-7-17-14)12(9-10)5-8-18-15/h1-2,9,13-15H,3-8H2. The van der Waals surface area contributed by atoms with Crippen molar-refractivity contribution in [3.63, 3.8) is 0 Å². The molecule has 102 valence electrons. The molecule has 0 radical (unpaired) electrons. The van der Waals surface area contributed by atoms with Crippen LogP contribution in [-0.2, 0) is 19.3 Å². The summed E-state index contributed by atoms with van der Waals surface area (Å²) in [5, 5.41) is 0. The molecule has 0 saturated carbocycles. The van der Waals surface area contributed by atoms with E-state index in [9.17, 15) is 0 Å². The van der Waals surface area contributed by atoms with Crippen molar-refractivity contribution in [2.45, 2.75) is 19.3 Å². The summed E-state index contributed by atoms with van der Waals surface area (Å²) in [7, 11) is 4.82. The van der Waals surface area contributed by atoms with Crippen LogP contribution in [0.5, 0.6) is 0 Å². The van der Waals surface area contributed by atoms with E-state index in [0.717, 1.165) is 36.5 Å². The van der Waals surface area contributed by atoms with Crippen LogP contribution in [0.2, 0.25) is 0 Å². The molecular weight excluding hydrogens is 337 g/mol. The predicted molar refractivity (Wildman–Crippen MR) is 102 cm³/mol. The summed E-state index contributed by atoms with van der Waals surface area (Å²) >= 11 is 12.6. The zero-order valence-corrected chi connectivity index (χ0v) is 15.2. The lowest BCUT2D eigenvalue weighted by Crippen LogP contribution is -2.00. The molecule has 0 spiro atoms. The maximum Gasteiger partial charge on any atom is 0.00751 e. The quantitative estimate of drug-likeness (QED) is 0.420. The van der Waals surface area contributed by atoms with Gasteiger partial charge in [-0.1, -0.05) is 50.6 Å². The fourth-order valence-corrected chi connectivity index (χ4v) is 3.56. The third-order valence-corrected chi connectivity index (χ3v) is 5.48. The molecule has 0 atom stereocenters. The number of thiol groups is 3. The van der Waals surface area contributed by atoms with E-state index in [1.165, 1.54) is 16.7 Å². The molecule has 0 aliphatic carbocycles. The van der Waals surface area contributed by atoms with Crippen molar-refractivity contribution in [3.8, 4) is 0 Å². The van der Waals surface area contributed by atoms with Crippen molar-refractivity contribution in [1.29, 1.82) is 0 Å². The van der Waals surface area contributed by atoms with E-state index in [1.54, 1.807) is 32.4 Å². The van der Waals surface area contributed by atoms with E-state index < -0.39 is 0 Å². The maximum atomic E-state index is 4.22. The first-order valence-electron chi connectivity index (χ1n) is 5.71. The normalized spacial score (nSPS) is 10.8. The average Bonchev–Trinajstić information content (AvgIpc) is 2.41. The van der Waals surface area contributed by atoms with Crippen molar-refractivity contribution in [2.24, 2.45) is 0 Å². The van der Waals surface area contributed by atoms with E-state index in [2.05, 4.69) is 53.2 Å². The van der Waals surface area contributed by atoms with Crippen LogP contribution >= 0.6 is 67.4 Å². The third-order valence-electron chi connectivity index (χ3n) is 2.68. The first-order chi connectivity index (χ1) is 8.81. The summed E-state index contributed by atoms with van der Waals surface area (Å²) in [5.74, 6) is 3.20. The van der Waals surface area contributed by atoms with Crippen LogP contribution < -0.4 is 0 Å². The largest absolute Gasteiger partial charge is 0.111 e. The first kappa shape index (κ1) is 17.4. The SMILES string of the molecule is SSCCc1ccc(CCSS)c(CCSS)c1. The number of rotatable bonds is 9. The van der Waals surface area contributed by atoms with E-state index >= 15 is 0 Å². The smallest absolute Gasteiger partial charge is 0.00751 e. The minimum Gasteiger partial charge on any atom is -0.111 e. The molecule has 0 aliphatic rings. The Bertz CT molecular complexity index is 341. The Balaban J connectivity index is 2.74. The van der Waals surface area contributed by atoms with Crippen LogP contribution in [0.4, 0.5) is 0 Å². The Morgan fingerprint density at radius 3 is 1.89 bits per heavy atom. The van der Waals surface area contributed by atoms with Gasteiger partial charge in [0.2, 0.25) is 0 Å². The van der Waals surface area contributed by atoms with Gasteiger partial charge in [-0.15, -0.1) is 35.0 Å². The monoisotopic (exact) mass is 354 g/mol. The number of aryl methyl sites for hydroxylation is 3. The molecule has 6 heteroatoms. The fraction of sp³-hybridized carbons (Fsp3) is 0.500. The Labute approximate surface area is 138 Å². The van der Waals surface area contributed by atoms with E-state index in [1.807, 2.05) is 0 Å². The lowest BCUT2D eigenvalue weighted by molar-refractivity contribution is 1.03. The van der Waals surface area contributed by atoms with Crippen molar-refractivity contribution in [3.05, 3.63) is 34.9 Å². The topological polar surface area (TPSA) is 0 Å². The molecule has 0 bridgehead atoms. The van der Waals surface area contributed by atoms with Gasteiger partial charge in [0.15, 0.2) is 0 Å². The average molecular weight is 355 g/mol. The molecule has 0 fully saturated rings. The molecule has 1 aromatic carbocycles. The second-order valence-corrected chi connectivity index (χ2v) is 8.18. The molecule has 0 heterocycles. The zero-order valence-electron chi connectivity index (χ0n) is 10.0. The van der Waals surface area contributed by atoms with Gasteiger partial charge < -0.3 is 0 Å². The van der Waals surface area contributed by atoms with Crippen LogP contribution in [0.25, 0.3) is 0 Å². The summed E-state index contributed by atoms with van der Waals surface area (Å²) < 4.78 is 0. The molecule has 0 aliphatic heterocycles. The number of hydrogen-bond donors (Lipinski definition) is 3. The number of benzene rings is 1. The minimum atomic E-state index is 1.06. The summed E-state index contributed by atoms with van der Waals surface area (Å²) in [4.78, 5) is 0. The van der Waals surface area contributed by atoms with Crippen LogP contribution in [0, 0.1) is 0 Å². The summed E-state index contributed by atoms with van der Waals surface area (Å²) in [6, 6.07) is 6.88. The van der Waals surface area contributed by atoms with Gasteiger partial charge in [0.25, 0.3) is 0 Å². The fourth-order valence-electron chi connectivity index (χ4n) is 1.79. The van der Waals surface area contributed by atoms with Crippen molar-refractivity contribution in [2.75, 3.05) is 17.3 Å². The Morgan fingerprint density at radius 2 is 1.28 bits per heavy atom. The van der Waals surface area contributed by atoms with Gasteiger partial charge in [0.05, 0.1) is 0 Å². The summed E-state index contributed by atoms with van der Waals surface area (Å²) in [6.07, 6.45) is 3.29. The summed E-state index contributed by atoms with van der Waals surface area (Å²) in [6.45, 7) is 0. The lowest BCUT2D eigenvalue weighted by Gasteiger charge is -2.11.